The highest BCUT2D eigenvalue weighted by Crippen LogP contribution is 2.29. The van der Waals surface area contributed by atoms with Gasteiger partial charge < -0.3 is 19.4 Å². The van der Waals surface area contributed by atoms with Crippen molar-refractivity contribution < 1.29 is 14.3 Å². The summed E-state index contributed by atoms with van der Waals surface area (Å²) in [7, 11) is 3.51. The monoisotopic (exact) mass is 441 g/mol. The number of nitrogens with zero attached hydrogens (tertiary/aromatic N) is 2. The maximum absolute atomic E-state index is 13.0. The van der Waals surface area contributed by atoms with Crippen LogP contribution in [-0.2, 0) is 18.3 Å². The Bertz CT molecular complexity index is 1200. The molecule has 0 bridgehead atoms. The van der Waals surface area contributed by atoms with Crippen LogP contribution in [0, 0.1) is 0 Å². The number of amides is 1. The number of carbonyl (C=O) groups excluding carboxylic acids is 1. The number of ether oxygens (including phenoxy) is 2. The van der Waals surface area contributed by atoms with E-state index in [1.165, 1.54) is 5.56 Å². The molecule has 0 fully saturated rings. The first-order valence-corrected chi connectivity index (χ1v) is 10.8. The normalized spacial score (nSPS) is 11.6. The summed E-state index contributed by atoms with van der Waals surface area (Å²) in [5.41, 5.74) is 3.04. The molecule has 4 aromatic rings. The van der Waals surface area contributed by atoms with Crippen LogP contribution in [0.2, 0.25) is 0 Å². The second kappa shape index (κ2) is 10.5. The van der Waals surface area contributed by atoms with Gasteiger partial charge in [-0.3, -0.25) is 4.79 Å². The van der Waals surface area contributed by atoms with Crippen LogP contribution in [0.3, 0.4) is 0 Å². The predicted octanol–water partition coefficient (Wildman–Crippen LogP) is 4.30. The van der Waals surface area contributed by atoms with Crippen molar-refractivity contribution >= 4 is 5.91 Å². The van der Waals surface area contributed by atoms with Gasteiger partial charge in [0.05, 0.1) is 7.11 Å². The van der Waals surface area contributed by atoms with E-state index in [9.17, 15) is 4.79 Å². The van der Waals surface area contributed by atoms with E-state index in [2.05, 4.69) is 22.4 Å². The maximum atomic E-state index is 13.0. The number of rotatable bonds is 9. The molecule has 4 rings (SSSR count). The number of nitrogens with one attached hydrogen (secondary N) is 1. The Balaban J connectivity index is 1.50. The summed E-state index contributed by atoms with van der Waals surface area (Å²) in [5, 5.41) is 3.06. The van der Waals surface area contributed by atoms with E-state index >= 15 is 0 Å². The van der Waals surface area contributed by atoms with Crippen LogP contribution < -0.4 is 14.8 Å². The molecule has 168 valence electrons. The van der Waals surface area contributed by atoms with Crippen LogP contribution in [0.1, 0.15) is 28.6 Å². The molecule has 6 heteroatoms. The van der Waals surface area contributed by atoms with Crippen LogP contribution in [0.25, 0.3) is 0 Å². The van der Waals surface area contributed by atoms with Crippen molar-refractivity contribution in [3.63, 3.8) is 0 Å². The number of carbonyl (C=O) groups is 1. The fraction of sp³-hybridized carbons (Fsp3) is 0.185. The zero-order chi connectivity index (χ0) is 23.0. The zero-order valence-corrected chi connectivity index (χ0v) is 18.8. The van der Waals surface area contributed by atoms with Gasteiger partial charge in [-0.25, -0.2) is 4.98 Å². The molecule has 0 aliphatic rings. The van der Waals surface area contributed by atoms with Gasteiger partial charge >= 0.3 is 0 Å². The third kappa shape index (κ3) is 5.41. The van der Waals surface area contributed by atoms with Crippen molar-refractivity contribution in [1.29, 1.82) is 0 Å². The van der Waals surface area contributed by atoms with Gasteiger partial charge in [-0.05, 0) is 23.3 Å². The number of methoxy groups -OCH3 is 1. The second-order valence-corrected chi connectivity index (χ2v) is 7.70. The third-order valence-corrected chi connectivity index (χ3v) is 5.44. The molecule has 0 aliphatic carbocycles. The number of hydrogen-bond donors (Lipinski definition) is 1. The second-order valence-electron chi connectivity index (χ2n) is 7.70. The van der Waals surface area contributed by atoms with E-state index in [0.717, 1.165) is 17.5 Å². The van der Waals surface area contributed by atoms with E-state index < -0.39 is 6.04 Å². The molecule has 0 saturated heterocycles. The molecule has 1 unspecified atom stereocenters. The average Bonchev–Trinajstić information content (AvgIpc) is 3.28. The minimum atomic E-state index is -0.475. The number of hydrogen-bond acceptors (Lipinski definition) is 4. The Hall–Kier alpha value is -4.06. The molecule has 1 amide bonds. The fourth-order valence-electron chi connectivity index (χ4n) is 3.79. The predicted molar refractivity (Wildman–Crippen MR) is 127 cm³/mol. The molecule has 1 aromatic heterocycles. The lowest BCUT2D eigenvalue weighted by molar-refractivity contribution is -0.123. The summed E-state index contributed by atoms with van der Waals surface area (Å²) in [6.07, 6.45) is 4.29. The molecule has 3 aromatic carbocycles. The molecule has 1 N–H and O–H groups in total. The van der Waals surface area contributed by atoms with Crippen molar-refractivity contribution in [2.24, 2.45) is 7.05 Å². The zero-order valence-electron chi connectivity index (χ0n) is 18.8. The number of benzene rings is 3. The summed E-state index contributed by atoms with van der Waals surface area (Å²) < 4.78 is 13.4. The summed E-state index contributed by atoms with van der Waals surface area (Å²) in [5.74, 6) is 1.84. The molecule has 33 heavy (non-hydrogen) atoms. The van der Waals surface area contributed by atoms with Gasteiger partial charge in [0.15, 0.2) is 6.61 Å². The SMILES string of the molecule is COc1ccccc1C(NC(=O)COc1ccccc1Cc1ccccc1)c1nccn1C. The Morgan fingerprint density at radius 2 is 1.67 bits per heavy atom. The first kappa shape index (κ1) is 22.1. The Kier molecular flexibility index (Phi) is 7.05. The molecule has 1 atom stereocenters. The van der Waals surface area contributed by atoms with Gasteiger partial charge in [-0.15, -0.1) is 0 Å². The summed E-state index contributed by atoms with van der Waals surface area (Å²) in [6, 6.07) is 25.1. The number of para-hydroxylation sites is 2. The maximum Gasteiger partial charge on any atom is 0.258 e. The smallest absolute Gasteiger partial charge is 0.258 e. The molecule has 0 radical (unpaired) electrons. The largest absolute Gasteiger partial charge is 0.496 e. The van der Waals surface area contributed by atoms with Crippen molar-refractivity contribution in [2.45, 2.75) is 12.5 Å². The molecule has 0 spiro atoms. The molecular weight excluding hydrogens is 414 g/mol. The van der Waals surface area contributed by atoms with Gasteiger partial charge in [0.2, 0.25) is 0 Å². The minimum Gasteiger partial charge on any atom is -0.496 e. The van der Waals surface area contributed by atoms with E-state index in [4.69, 9.17) is 9.47 Å². The van der Waals surface area contributed by atoms with Gasteiger partial charge in [0.25, 0.3) is 5.91 Å². The molecule has 0 saturated carbocycles. The van der Waals surface area contributed by atoms with E-state index in [1.54, 1.807) is 13.3 Å². The lowest BCUT2D eigenvalue weighted by Crippen LogP contribution is -2.34. The quantitative estimate of drug-likeness (QED) is 0.421. The highest BCUT2D eigenvalue weighted by Gasteiger charge is 2.24. The van der Waals surface area contributed by atoms with Crippen LogP contribution >= 0.6 is 0 Å². The van der Waals surface area contributed by atoms with Crippen molar-refractivity contribution in [2.75, 3.05) is 13.7 Å². The topological polar surface area (TPSA) is 65.4 Å². The first-order chi connectivity index (χ1) is 16.2. The average molecular weight is 442 g/mol. The fourth-order valence-corrected chi connectivity index (χ4v) is 3.79. The minimum absolute atomic E-state index is 0.109. The lowest BCUT2D eigenvalue weighted by Gasteiger charge is -2.21. The first-order valence-electron chi connectivity index (χ1n) is 10.8. The van der Waals surface area contributed by atoms with Gasteiger partial charge in [0, 0.05) is 31.4 Å². The highest BCUT2D eigenvalue weighted by atomic mass is 16.5. The third-order valence-electron chi connectivity index (χ3n) is 5.44. The molecular formula is C27H27N3O3. The van der Waals surface area contributed by atoms with Crippen LogP contribution in [0.4, 0.5) is 0 Å². The number of imidazole rings is 1. The Morgan fingerprint density at radius 1 is 0.970 bits per heavy atom. The van der Waals surface area contributed by atoms with E-state index in [1.807, 2.05) is 84.5 Å². The van der Waals surface area contributed by atoms with Crippen LogP contribution in [0.15, 0.2) is 91.3 Å². The number of aryl methyl sites for hydroxylation is 1. The summed E-state index contributed by atoms with van der Waals surface area (Å²) in [6.45, 7) is -0.109. The van der Waals surface area contributed by atoms with Crippen LogP contribution in [0.5, 0.6) is 11.5 Å². The molecule has 1 heterocycles. The summed E-state index contributed by atoms with van der Waals surface area (Å²) >= 11 is 0. The van der Waals surface area contributed by atoms with Crippen molar-refractivity contribution in [3.8, 4) is 11.5 Å². The standard InChI is InChI=1S/C27H27N3O3/c1-30-17-16-28-27(30)26(22-13-7-9-15-24(22)32-2)29-25(31)19-33-23-14-8-6-12-21(23)18-20-10-4-3-5-11-20/h3-17,26H,18-19H2,1-2H3,(H,29,31). The lowest BCUT2D eigenvalue weighted by atomic mass is 10.0. The van der Waals surface area contributed by atoms with Crippen molar-refractivity contribution in [3.05, 3.63) is 114 Å². The molecule has 0 aliphatic heterocycles. The van der Waals surface area contributed by atoms with Crippen LogP contribution in [-0.4, -0.2) is 29.2 Å². The Labute approximate surface area is 193 Å². The highest BCUT2D eigenvalue weighted by molar-refractivity contribution is 5.78. The van der Waals surface area contributed by atoms with Gasteiger partial charge in [-0.2, -0.15) is 0 Å². The van der Waals surface area contributed by atoms with Gasteiger partial charge in [-0.1, -0.05) is 66.7 Å². The van der Waals surface area contributed by atoms with Gasteiger partial charge in [0.1, 0.15) is 23.4 Å². The summed E-state index contributed by atoms with van der Waals surface area (Å²) in [4.78, 5) is 17.4. The van der Waals surface area contributed by atoms with E-state index in [0.29, 0.717) is 17.3 Å². The Morgan fingerprint density at radius 3 is 2.39 bits per heavy atom. The van der Waals surface area contributed by atoms with E-state index in [-0.39, 0.29) is 12.5 Å². The van der Waals surface area contributed by atoms with Crippen molar-refractivity contribution in [1.82, 2.24) is 14.9 Å². The number of aromatic nitrogens is 2. The molecule has 6 nitrogen and oxygen atoms in total.